The van der Waals surface area contributed by atoms with Crippen LogP contribution in [0.1, 0.15) is 25.3 Å². The lowest BCUT2D eigenvalue weighted by molar-refractivity contribution is -0.109. The molecular formula is C15H16F4N4O. The molecule has 1 aromatic rings. The van der Waals surface area contributed by atoms with Gasteiger partial charge in [0, 0.05) is 11.8 Å². The molecule has 0 atom stereocenters. The molecule has 1 aromatic carbocycles. The minimum Gasteiger partial charge on any atom is -0.359 e. The van der Waals surface area contributed by atoms with Gasteiger partial charge in [-0.05, 0) is 24.6 Å². The second-order valence-electron chi connectivity index (χ2n) is 4.64. The zero-order chi connectivity index (χ0) is 18.2. The van der Waals surface area contributed by atoms with Crippen molar-refractivity contribution in [2.24, 2.45) is 5.10 Å². The van der Waals surface area contributed by atoms with E-state index in [9.17, 15) is 22.4 Å². The van der Waals surface area contributed by atoms with Gasteiger partial charge in [-0.1, -0.05) is 19.4 Å². The van der Waals surface area contributed by atoms with Crippen LogP contribution in [0.15, 0.2) is 35.6 Å². The smallest absolute Gasteiger partial charge is 0.359 e. The molecule has 0 aromatic heterocycles. The highest BCUT2D eigenvalue weighted by atomic mass is 19.4. The predicted molar refractivity (Wildman–Crippen MR) is 83.6 cm³/mol. The number of nitrogens with zero attached hydrogens (tertiary/aromatic N) is 1. The minimum absolute atomic E-state index is 0.0517. The number of rotatable bonds is 8. The van der Waals surface area contributed by atoms with Crippen LogP contribution in [0.25, 0.3) is 0 Å². The Labute approximate surface area is 136 Å². The molecule has 0 bridgehead atoms. The van der Waals surface area contributed by atoms with E-state index < -0.39 is 17.7 Å². The number of hydrogen-bond donors (Lipinski definition) is 3. The molecule has 0 aliphatic heterocycles. The van der Waals surface area contributed by atoms with Crippen LogP contribution in [-0.4, -0.2) is 24.0 Å². The van der Waals surface area contributed by atoms with Gasteiger partial charge in [0.05, 0.1) is 11.4 Å². The van der Waals surface area contributed by atoms with Crippen LogP contribution in [0.4, 0.5) is 23.2 Å². The molecule has 0 saturated carbocycles. The maximum atomic E-state index is 14.0. The highest BCUT2D eigenvalue weighted by Crippen LogP contribution is 2.19. The topological polar surface area (TPSA) is 77.3 Å². The number of hydrazone groups is 1. The van der Waals surface area contributed by atoms with Gasteiger partial charge in [-0.25, -0.2) is 9.82 Å². The van der Waals surface area contributed by atoms with Gasteiger partial charge in [0.25, 0.3) is 0 Å². The summed E-state index contributed by atoms with van der Waals surface area (Å²) < 4.78 is 50.5. The van der Waals surface area contributed by atoms with Crippen LogP contribution in [0.5, 0.6) is 0 Å². The van der Waals surface area contributed by atoms with Crippen molar-refractivity contribution in [1.29, 1.82) is 5.41 Å². The molecule has 0 saturated heterocycles. The summed E-state index contributed by atoms with van der Waals surface area (Å²) in [5.74, 6) is -0.703. The molecule has 0 spiro atoms. The molecular weight excluding hydrogens is 328 g/mol. The Morgan fingerprint density at radius 1 is 1.38 bits per heavy atom. The highest BCUT2D eigenvalue weighted by molar-refractivity contribution is 6.01. The third-order valence-electron chi connectivity index (χ3n) is 2.84. The van der Waals surface area contributed by atoms with Gasteiger partial charge >= 0.3 is 6.18 Å². The molecule has 1 rings (SSSR count). The van der Waals surface area contributed by atoms with Crippen molar-refractivity contribution in [3.63, 3.8) is 0 Å². The van der Waals surface area contributed by atoms with Gasteiger partial charge in [0.1, 0.15) is 11.5 Å². The van der Waals surface area contributed by atoms with Gasteiger partial charge < -0.3 is 5.32 Å². The molecule has 24 heavy (non-hydrogen) atoms. The number of benzene rings is 1. The van der Waals surface area contributed by atoms with E-state index in [1.54, 1.807) is 0 Å². The lowest BCUT2D eigenvalue weighted by Gasteiger charge is -2.08. The largest absolute Gasteiger partial charge is 0.432 e. The standard InChI is InChI=1S/C15H16F4N4O/c1-2-3-12(23-22-9-24)10-4-5-13(11(16)8-10)21-7-6-14(20)15(17,18)19/h4-9,20-21H,2-3H2,1H3,(H,22,24)/b7-6-,20-14?,23-12+. The first-order valence-corrected chi connectivity index (χ1v) is 6.94. The normalized spacial score (nSPS) is 12.3. The fraction of sp³-hybridized carbons (Fsp3) is 0.267. The second-order valence-corrected chi connectivity index (χ2v) is 4.64. The van der Waals surface area contributed by atoms with Crippen LogP contribution in [0, 0.1) is 11.2 Å². The summed E-state index contributed by atoms with van der Waals surface area (Å²) in [6.45, 7) is 1.89. The van der Waals surface area contributed by atoms with Gasteiger partial charge in [0.15, 0.2) is 0 Å². The first-order chi connectivity index (χ1) is 11.3. The number of anilines is 1. The number of hydrogen-bond acceptors (Lipinski definition) is 4. The van der Waals surface area contributed by atoms with Gasteiger partial charge in [-0.2, -0.15) is 18.3 Å². The van der Waals surface area contributed by atoms with Gasteiger partial charge in [-0.3, -0.25) is 10.2 Å². The molecule has 5 nitrogen and oxygen atoms in total. The fourth-order valence-corrected chi connectivity index (χ4v) is 1.73. The molecule has 0 aliphatic carbocycles. The lowest BCUT2D eigenvalue weighted by atomic mass is 10.1. The van der Waals surface area contributed by atoms with Crippen LogP contribution in [0.2, 0.25) is 0 Å². The van der Waals surface area contributed by atoms with Crippen LogP contribution < -0.4 is 10.7 Å². The fourth-order valence-electron chi connectivity index (χ4n) is 1.73. The Kier molecular flexibility index (Phi) is 7.09. The first kappa shape index (κ1) is 19.3. The molecule has 0 unspecified atom stereocenters. The second kappa shape index (κ2) is 8.80. The van der Waals surface area contributed by atoms with Crippen molar-refractivity contribution in [3.8, 4) is 0 Å². The SMILES string of the molecule is CCC/C(=N\NC=O)c1ccc(N/C=C\C(=N)C(F)(F)F)c(F)c1. The van der Waals surface area contributed by atoms with Crippen molar-refractivity contribution < 1.29 is 22.4 Å². The lowest BCUT2D eigenvalue weighted by Crippen LogP contribution is -2.19. The molecule has 130 valence electrons. The third kappa shape index (κ3) is 5.82. The molecule has 0 aliphatic rings. The summed E-state index contributed by atoms with van der Waals surface area (Å²) in [4.78, 5) is 10.3. The molecule has 1 amide bonds. The molecule has 9 heteroatoms. The van der Waals surface area contributed by atoms with Gasteiger partial charge in [-0.15, -0.1) is 0 Å². The monoisotopic (exact) mass is 344 g/mol. The summed E-state index contributed by atoms with van der Waals surface area (Å²) in [7, 11) is 0. The molecule has 3 N–H and O–H groups in total. The van der Waals surface area contributed by atoms with E-state index >= 15 is 0 Å². The van der Waals surface area contributed by atoms with E-state index in [1.165, 1.54) is 12.1 Å². The average molecular weight is 344 g/mol. The van der Waals surface area contributed by atoms with Crippen molar-refractivity contribution >= 4 is 23.5 Å². The Balaban J connectivity index is 2.89. The zero-order valence-corrected chi connectivity index (χ0v) is 12.7. The number of halogens is 4. The number of carbonyl (C=O) groups excluding carboxylic acids is 1. The van der Waals surface area contributed by atoms with Gasteiger partial charge in [0.2, 0.25) is 6.41 Å². The van der Waals surface area contributed by atoms with E-state index in [1.807, 2.05) is 6.92 Å². The maximum Gasteiger partial charge on any atom is 0.432 e. The van der Waals surface area contributed by atoms with E-state index in [0.717, 1.165) is 18.7 Å². The molecule has 0 fully saturated rings. The van der Waals surface area contributed by atoms with E-state index in [4.69, 9.17) is 5.41 Å². The first-order valence-electron chi connectivity index (χ1n) is 6.94. The van der Waals surface area contributed by atoms with Crippen molar-refractivity contribution in [3.05, 3.63) is 41.9 Å². The number of nitrogens with one attached hydrogen (secondary N) is 3. The van der Waals surface area contributed by atoms with E-state index in [0.29, 0.717) is 30.2 Å². The Bertz CT molecular complexity index is 653. The Hall–Kier alpha value is -2.71. The quantitative estimate of drug-likeness (QED) is 0.292. The van der Waals surface area contributed by atoms with Crippen molar-refractivity contribution in [2.45, 2.75) is 25.9 Å². The van der Waals surface area contributed by atoms with Crippen LogP contribution in [-0.2, 0) is 4.79 Å². The minimum atomic E-state index is -4.75. The number of allylic oxidation sites excluding steroid dienone is 1. The van der Waals surface area contributed by atoms with E-state index in [2.05, 4.69) is 15.8 Å². The maximum absolute atomic E-state index is 14.0. The molecule has 0 radical (unpaired) electrons. The molecule has 0 heterocycles. The number of carbonyl (C=O) groups is 1. The summed E-state index contributed by atoms with van der Waals surface area (Å²) in [5, 5.41) is 12.9. The Morgan fingerprint density at radius 3 is 2.62 bits per heavy atom. The number of amides is 1. The van der Waals surface area contributed by atoms with Crippen molar-refractivity contribution in [2.75, 3.05) is 5.32 Å². The third-order valence-corrected chi connectivity index (χ3v) is 2.84. The highest BCUT2D eigenvalue weighted by Gasteiger charge is 2.32. The van der Waals surface area contributed by atoms with Crippen LogP contribution >= 0.6 is 0 Å². The zero-order valence-electron chi connectivity index (χ0n) is 12.7. The number of alkyl halides is 3. The Morgan fingerprint density at radius 2 is 2.08 bits per heavy atom. The summed E-state index contributed by atoms with van der Waals surface area (Å²) in [6.07, 6.45) is -1.80. The summed E-state index contributed by atoms with van der Waals surface area (Å²) >= 11 is 0. The van der Waals surface area contributed by atoms with E-state index in [-0.39, 0.29) is 5.69 Å². The van der Waals surface area contributed by atoms with Crippen LogP contribution in [0.3, 0.4) is 0 Å². The van der Waals surface area contributed by atoms with Crippen molar-refractivity contribution in [1.82, 2.24) is 5.43 Å². The summed E-state index contributed by atoms with van der Waals surface area (Å²) in [6, 6.07) is 4.01. The average Bonchev–Trinajstić information content (AvgIpc) is 2.52. The summed E-state index contributed by atoms with van der Waals surface area (Å²) in [5.41, 5.74) is 1.47. The predicted octanol–water partition coefficient (Wildman–Crippen LogP) is 3.58.